The van der Waals surface area contributed by atoms with E-state index in [0.29, 0.717) is 6.54 Å². The van der Waals surface area contributed by atoms with Crippen molar-refractivity contribution >= 4 is 11.6 Å². The number of hydrogen-bond donors (Lipinski definition) is 1. The van der Waals surface area contributed by atoms with E-state index in [4.69, 9.17) is 0 Å². The van der Waals surface area contributed by atoms with Crippen LogP contribution in [-0.2, 0) is 17.8 Å². The van der Waals surface area contributed by atoms with Gasteiger partial charge in [-0.15, -0.1) is 0 Å². The van der Waals surface area contributed by atoms with Crippen LogP contribution in [0.4, 0.5) is 5.69 Å². The van der Waals surface area contributed by atoms with Gasteiger partial charge in [-0.1, -0.05) is 42.5 Å². The first-order valence-electron chi connectivity index (χ1n) is 11.8. The second kappa shape index (κ2) is 9.01. The Labute approximate surface area is 186 Å². The Balaban J connectivity index is 1.25. The summed E-state index contributed by atoms with van der Waals surface area (Å²) in [4.78, 5) is 20.2. The maximum Gasteiger partial charge on any atom is 0.242 e. The minimum Gasteiger partial charge on any atom is -0.376 e. The summed E-state index contributed by atoms with van der Waals surface area (Å²) in [7, 11) is 2.14. The molecule has 2 heterocycles. The van der Waals surface area contributed by atoms with Crippen molar-refractivity contribution in [2.75, 3.05) is 51.6 Å². The number of anilines is 1. The van der Waals surface area contributed by atoms with Crippen LogP contribution in [0.3, 0.4) is 0 Å². The molecule has 31 heavy (non-hydrogen) atoms. The minimum atomic E-state index is 0.120. The molecule has 0 bridgehead atoms. The van der Waals surface area contributed by atoms with E-state index < -0.39 is 0 Å². The van der Waals surface area contributed by atoms with E-state index in [1.54, 1.807) is 0 Å². The van der Waals surface area contributed by atoms with Crippen molar-refractivity contribution in [3.63, 3.8) is 0 Å². The van der Waals surface area contributed by atoms with E-state index in [1.807, 2.05) is 6.07 Å². The standard InChI is InChI=1S/C26H34N4O/c1-28-14-15-30(25(19-28)21-6-3-2-4-7-21)26(31)16-27-24-9-5-8-22-18-29(13-12-23(22)24)17-20-10-11-20/h2-9,20,25,27H,10-19H2,1H3. The van der Waals surface area contributed by atoms with Crippen molar-refractivity contribution < 1.29 is 4.79 Å². The van der Waals surface area contributed by atoms with E-state index in [2.05, 4.69) is 69.5 Å². The summed E-state index contributed by atoms with van der Waals surface area (Å²) in [6.07, 6.45) is 3.88. The van der Waals surface area contributed by atoms with Crippen LogP contribution in [0, 0.1) is 5.92 Å². The van der Waals surface area contributed by atoms with Gasteiger partial charge in [-0.3, -0.25) is 9.69 Å². The topological polar surface area (TPSA) is 38.8 Å². The van der Waals surface area contributed by atoms with Gasteiger partial charge in [0.2, 0.25) is 5.91 Å². The fourth-order valence-electron chi connectivity index (χ4n) is 5.11. The Morgan fingerprint density at radius 1 is 1.03 bits per heavy atom. The van der Waals surface area contributed by atoms with Crippen molar-refractivity contribution in [2.24, 2.45) is 5.92 Å². The van der Waals surface area contributed by atoms with Crippen LogP contribution in [0.15, 0.2) is 48.5 Å². The highest BCUT2D eigenvalue weighted by molar-refractivity contribution is 5.82. The van der Waals surface area contributed by atoms with Crippen molar-refractivity contribution in [2.45, 2.75) is 31.8 Å². The largest absolute Gasteiger partial charge is 0.376 e. The molecule has 1 amide bonds. The Kier molecular flexibility index (Phi) is 5.97. The molecule has 164 valence electrons. The third-order valence-corrected chi connectivity index (χ3v) is 7.08. The molecule has 1 unspecified atom stereocenters. The van der Waals surface area contributed by atoms with Crippen molar-refractivity contribution in [3.05, 3.63) is 65.2 Å². The van der Waals surface area contributed by atoms with E-state index >= 15 is 0 Å². The van der Waals surface area contributed by atoms with E-state index in [9.17, 15) is 4.79 Å². The number of likely N-dealkylation sites (N-methyl/N-ethyl adjacent to an activating group) is 1. The predicted molar refractivity (Wildman–Crippen MR) is 125 cm³/mol. The van der Waals surface area contributed by atoms with Gasteiger partial charge in [0.25, 0.3) is 0 Å². The molecule has 1 saturated carbocycles. The molecule has 0 aromatic heterocycles. The number of fused-ring (bicyclic) bond motifs is 1. The molecule has 0 spiro atoms. The maximum atomic E-state index is 13.2. The zero-order chi connectivity index (χ0) is 21.2. The number of amides is 1. The summed E-state index contributed by atoms with van der Waals surface area (Å²) < 4.78 is 0. The molecule has 5 nitrogen and oxygen atoms in total. The average Bonchev–Trinajstić information content (AvgIpc) is 3.62. The van der Waals surface area contributed by atoms with Crippen LogP contribution in [0.2, 0.25) is 0 Å². The fourth-order valence-corrected chi connectivity index (χ4v) is 5.11. The second-order valence-electron chi connectivity index (χ2n) is 9.50. The summed E-state index contributed by atoms with van der Waals surface area (Å²) in [6, 6.07) is 17.1. The van der Waals surface area contributed by atoms with Crippen LogP contribution in [-0.4, -0.2) is 66.9 Å². The molecular weight excluding hydrogens is 384 g/mol. The molecule has 1 atom stereocenters. The predicted octanol–water partition coefficient (Wildman–Crippen LogP) is 3.38. The zero-order valence-corrected chi connectivity index (χ0v) is 18.6. The minimum absolute atomic E-state index is 0.120. The number of nitrogens with one attached hydrogen (secondary N) is 1. The summed E-state index contributed by atoms with van der Waals surface area (Å²) in [6.45, 7) is 6.36. The lowest BCUT2D eigenvalue weighted by Gasteiger charge is -2.40. The quantitative estimate of drug-likeness (QED) is 0.781. The van der Waals surface area contributed by atoms with Crippen LogP contribution in [0.5, 0.6) is 0 Å². The Morgan fingerprint density at radius 2 is 1.87 bits per heavy atom. The average molecular weight is 419 g/mol. The van der Waals surface area contributed by atoms with Crippen molar-refractivity contribution in [3.8, 4) is 0 Å². The highest BCUT2D eigenvalue weighted by Gasteiger charge is 2.30. The molecule has 5 rings (SSSR count). The maximum absolute atomic E-state index is 13.2. The van der Waals surface area contributed by atoms with Gasteiger partial charge in [-0.25, -0.2) is 0 Å². The Hall–Kier alpha value is -2.37. The summed E-state index contributed by atoms with van der Waals surface area (Å²) in [5.74, 6) is 1.12. The van der Waals surface area contributed by atoms with Crippen LogP contribution in [0.1, 0.15) is 35.6 Å². The van der Waals surface area contributed by atoms with Gasteiger partial charge in [-0.2, -0.15) is 0 Å². The molecule has 2 aromatic carbocycles. The first-order valence-corrected chi connectivity index (χ1v) is 11.8. The monoisotopic (exact) mass is 418 g/mol. The highest BCUT2D eigenvalue weighted by Crippen LogP contribution is 2.33. The van der Waals surface area contributed by atoms with Crippen LogP contribution < -0.4 is 5.32 Å². The SMILES string of the molecule is CN1CCN(C(=O)CNc2cccc3c2CCN(CC2CC2)C3)C(c2ccccc2)C1. The lowest BCUT2D eigenvalue weighted by molar-refractivity contribution is -0.134. The van der Waals surface area contributed by atoms with E-state index in [-0.39, 0.29) is 11.9 Å². The number of nitrogens with zero attached hydrogens (tertiary/aromatic N) is 3. The van der Waals surface area contributed by atoms with Gasteiger partial charge in [0.05, 0.1) is 12.6 Å². The smallest absolute Gasteiger partial charge is 0.242 e. The first kappa shape index (κ1) is 20.5. The molecule has 2 fully saturated rings. The zero-order valence-electron chi connectivity index (χ0n) is 18.6. The number of carbonyl (C=O) groups is 1. The molecule has 1 aliphatic carbocycles. The molecule has 2 aliphatic heterocycles. The molecule has 1 saturated heterocycles. The summed E-state index contributed by atoms with van der Waals surface area (Å²) >= 11 is 0. The van der Waals surface area contributed by atoms with Crippen LogP contribution >= 0.6 is 0 Å². The molecule has 1 N–H and O–H groups in total. The number of piperazine rings is 1. The highest BCUT2D eigenvalue weighted by atomic mass is 16.2. The van der Waals surface area contributed by atoms with Crippen LogP contribution in [0.25, 0.3) is 0 Å². The van der Waals surface area contributed by atoms with E-state index in [1.165, 1.54) is 36.1 Å². The number of rotatable bonds is 6. The third kappa shape index (κ3) is 4.78. The second-order valence-corrected chi connectivity index (χ2v) is 9.50. The number of hydrogen-bond acceptors (Lipinski definition) is 4. The van der Waals surface area contributed by atoms with Gasteiger partial charge in [0.1, 0.15) is 0 Å². The Morgan fingerprint density at radius 3 is 2.68 bits per heavy atom. The van der Waals surface area contributed by atoms with Crippen molar-refractivity contribution in [1.29, 1.82) is 0 Å². The van der Waals surface area contributed by atoms with Gasteiger partial charge in [0.15, 0.2) is 0 Å². The van der Waals surface area contributed by atoms with Gasteiger partial charge in [-0.05, 0) is 55.0 Å². The lowest BCUT2D eigenvalue weighted by Crippen LogP contribution is -2.50. The van der Waals surface area contributed by atoms with E-state index in [0.717, 1.165) is 50.7 Å². The van der Waals surface area contributed by atoms with Gasteiger partial charge in [0, 0.05) is 45.0 Å². The third-order valence-electron chi connectivity index (χ3n) is 7.08. The molecular formula is C26H34N4O. The number of benzene rings is 2. The number of carbonyl (C=O) groups excluding carboxylic acids is 1. The lowest BCUT2D eigenvalue weighted by atomic mass is 9.97. The van der Waals surface area contributed by atoms with Gasteiger partial charge >= 0.3 is 0 Å². The van der Waals surface area contributed by atoms with Crippen molar-refractivity contribution in [1.82, 2.24) is 14.7 Å². The fraction of sp³-hybridized carbons (Fsp3) is 0.500. The molecule has 3 aliphatic rings. The molecule has 5 heteroatoms. The van der Waals surface area contributed by atoms with Gasteiger partial charge < -0.3 is 15.1 Å². The Bertz CT molecular complexity index is 911. The first-order chi connectivity index (χ1) is 15.2. The molecule has 2 aromatic rings. The molecule has 0 radical (unpaired) electrons. The summed E-state index contributed by atoms with van der Waals surface area (Å²) in [5, 5.41) is 3.50. The normalized spacial score (nSPS) is 22.2. The summed E-state index contributed by atoms with van der Waals surface area (Å²) in [5.41, 5.74) is 5.18.